The monoisotopic (exact) mass is 337 g/mol. The first-order valence-corrected chi connectivity index (χ1v) is 8.09. The molecule has 0 spiro atoms. The van der Waals surface area contributed by atoms with Gasteiger partial charge in [-0.3, -0.25) is 14.2 Å². The Kier molecular flexibility index (Phi) is 4.79. The van der Waals surface area contributed by atoms with Gasteiger partial charge in [-0.25, -0.2) is 4.79 Å². The van der Waals surface area contributed by atoms with Gasteiger partial charge < -0.3 is 10.3 Å². The van der Waals surface area contributed by atoms with E-state index < -0.39 is 5.69 Å². The Balaban J connectivity index is 1.66. The fourth-order valence-corrected chi connectivity index (χ4v) is 2.61. The number of para-hydroxylation sites is 1. The lowest BCUT2D eigenvalue weighted by Crippen LogP contribution is -2.36. The summed E-state index contributed by atoms with van der Waals surface area (Å²) in [5.74, 6) is -0.208. The molecule has 3 aromatic rings. The maximum atomic E-state index is 12.4. The molecule has 0 fully saturated rings. The van der Waals surface area contributed by atoms with E-state index in [4.69, 9.17) is 0 Å². The van der Waals surface area contributed by atoms with Crippen LogP contribution in [0, 0.1) is 6.92 Å². The van der Waals surface area contributed by atoms with Gasteiger partial charge in [-0.15, -0.1) is 0 Å². The Hall–Kier alpha value is -3.15. The van der Waals surface area contributed by atoms with E-state index in [1.165, 1.54) is 0 Å². The Labute approximate surface area is 144 Å². The molecule has 0 saturated carbocycles. The number of carbonyl (C=O) groups excluding carboxylic acids is 1. The van der Waals surface area contributed by atoms with Gasteiger partial charge in [0, 0.05) is 19.5 Å². The van der Waals surface area contributed by atoms with Crippen molar-refractivity contribution < 1.29 is 4.79 Å². The van der Waals surface area contributed by atoms with E-state index in [9.17, 15) is 14.4 Å². The second-order valence-corrected chi connectivity index (χ2v) is 5.94. The first-order chi connectivity index (χ1) is 12.0. The minimum Gasteiger partial charge on any atom is -0.352 e. The normalized spacial score (nSPS) is 10.8. The smallest absolute Gasteiger partial charge is 0.328 e. The Morgan fingerprint density at radius 2 is 1.80 bits per heavy atom. The average molecular weight is 337 g/mol. The van der Waals surface area contributed by atoms with Crippen molar-refractivity contribution in [1.29, 1.82) is 0 Å². The molecule has 0 saturated heterocycles. The summed E-state index contributed by atoms with van der Waals surface area (Å²) in [6, 6.07) is 14.7. The summed E-state index contributed by atoms with van der Waals surface area (Å²) in [5, 5.41) is 3.23. The zero-order chi connectivity index (χ0) is 17.8. The third kappa shape index (κ3) is 3.85. The molecule has 25 heavy (non-hydrogen) atoms. The highest BCUT2D eigenvalue weighted by molar-refractivity contribution is 5.77. The molecule has 0 aliphatic heterocycles. The molecule has 0 unspecified atom stereocenters. The number of amides is 1. The summed E-state index contributed by atoms with van der Waals surface area (Å²) in [4.78, 5) is 39.1. The van der Waals surface area contributed by atoms with Crippen LogP contribution in [0.1, 0.15) is 17.5 Å². The number of benzene rings is 2. The molecule has 6 heteroatoms. The van der Waals surface area contributed by atoms with Crippen LogP contribution in [0.2, 0.25) is 0 Å². The van der Waals surface area contributed by atoms with Crippen LogP contribution < -0.4 is 16.6 Å². The molecule has 0 radical (unpaired) electrons. The number of aryl methyl sites for hydroxylation is 1. The number of H-pyrrole nitrogens is 1. The second kappa shape index (κ2) is 7.17. The fraction of sp³-hybridized carbons (Fsp3) is 0.211. The minimum absolute atomic E-state index is 0.0404. The quantitative estimate of drug-likeness (QED) is 0.743. The van der Waals surface area contributed by atoms with Gasteiger partial charge >= 0.3 is 5.69 Å². The lowest BCUT2D eigenvalue weighted by atomic mass is 10.1. The van der Waals surface area contributed by atoms with Gasteiger partial charge in [0.1, 0.15) is 0 Å². The predicted octanol–water partition coefficient (Wildman–Crippen LogP) is 1.70. The third-order valence-corrected chi connectivity index (χ3v) is 4.06. The molecule has 3 rings (SSSR count). The Bertz CT molecular complexity index is 1020. The highest BCUT2D eigenvalue weighted by Gasteiger charge is 2.09. The third-order valence-electron chi connectivity index (χ3n) is 4.06. The average Bonchev–Trinajstić information content (AvgIpc) is 2.61. The van der Waals surface area contributed by atoms with Gasteiger partial charge in [-0.1, -0.05) is 42.0 Å². The maximum absolute atomic E-state index is 12.4. The second-order valence-electron chi connectivity index (χ2n) is 5.94. The van der Waals surface area contributed by atoms with E-state index in [2.05, 4.69) is 10.3 Å². The summed E-state index contributed by atoms with van der Waals surface area (Å²) >= 11 is 0. The SMILES string of the molecule is Cc1ccc(CNC(=O)CCn2c(=O)[nH]c3ccccc3c2=O)cc1. The number of nitrogens with zero attached hydrogens (tertiary/aromatic N) is 1. The molecule has 6 nitrogen and oxygen atoms in total. The van der Waals surface area contributed by atoms with Crippen LogP contribution in [0.4, 0.5) is 0 Å². The number of hydrogen-bond donors (Lipinski definition) is 2. The largest absolute Gasteiger partial charge is 0.352 e. The van der Waals surface area contributed by atoms with Gasteiger partial charge in [0.15, 0.2) is 0 Å². The first kappa shape index (κ1) is 16.7. The first-order valence-electron chi connectivity index (χ1n) is 8.09. The van der Waals surface area contributed by atoms with Gasteiger partial charge in [-0.05, 0) is 24.6 Å². The molecule has 0 aliphatic rings. The number of aromatic amines is 1. The highest BCUT2D eigenvalue weighted by atomic mass is 16.2. The number of carbonyl (C=O) groups is 1. The van der Waals surface area contributed by atoms with Crippen LogP contribution in [-0.4, -0.2) is 15.5 Å². The van der Waals surface area contributed by atoms with Crippen LogP contribution in [0.3, 0.4) is 0 Å². The van der Waals surface area contributed by atoms with Crippen LogP contribution in [0.15, 0.2) is 58.1 Å². The number of nitrogens with one attached hydrogen (secondary N) is 2. The van der Waals surface area contributed by atoms with E-state index in [0.717, 1.165) is 15.7 Å². The highest BCUT2D eigenvalue weighted by Crippen LogP contribution is 2.04. The lowest BCUT2D eigenvalue weighted by Gasteiger charge is -2.08. The summed E-state index contributed by atoms with van der Waals surface area (Å²) in [5.41, 5.74) is 1.77. The minimum atomic E-state index is -0.505. The van der Waals surface area contributed by atoms with Crippen LogP contribution in [0.5, 0.6) is 0 Å². The van der Waals surface area contributed by atoms with E-state index in [-0.39, 0.29) is 24.4 Å². The van der Waals surface area contributed by atoms with Gasteiger partial charge in [-0.2, -0.15) is 0 Å². The van der Waals surface area contributed by atoms with Crippen molar-refractivity contribution in [2.24, 2.45) is 0 Å². The fourth-order valence-electron chi connectivity index (χ4n) is 2.61. The summed E-state index contributed by atoms with van der Waals surface area (Å²) in [6.07, 6.45) is 0.0627. The zero-order valence-corrected chi connectivity index (χ0v) is 13.9. The predicted molar refractivity (Wildman–Crippen MR) is 96.5 cm³/mol. The topological polar surface area (TPSA) is 84.0 Å². The van der Waals surface area contributed by atoms with E-state index in [1.807, 2.05) is 31.2 Å². The molecule has 0 bridgehead atoms. The zero-order valence-electron chi connectivity index (χ0n) is 13.9. The lowest BCUT2D eigenvalue weighted by molar-refractivity contribution is -0.121. The van der Waals surface area contributed by atoms with Crippen molar-refractivity contribution in [2.45, 2.75) is 26.4 Å². The molecule has 2 N–H and O–H groups in total. The number of rotatable bonds is 5. The van der Waals surface area contributed by atoms with Gasteiger partial charge in [0.25, 0.3) is 5.56 Å². The van der Waals surface area contributed by atoms with Crippen LogP contribution >= 0.6 is 0 Å². The molecule has 0 aliphatic carbocycles. The standard InChI is InChI=1S/C19H19N3O3/c1-13-6-8-14(9-7-13)12-20-17(23)10-11-22-18(24)15-4-2-3-5-16(15)21-19(22)25/h2-9H,10-12H2,1H3,(H,20,23)(H,21,25). The number of aromatic nitrogens is 2. The van der Waals surface area contributed by atoms with Crippen molar-refractivity contribution in [3.05, 3.63) is 80.5 Å². The number of hydrogen-bond acceptors (Lipinski definition) is 3. The molecule has 1 aromatic heterocycles. The van der Waals surface area contributed by atoms with Gasteiger partial charge in [0.05, 0.1) is 10.9 Å². The molecule has 0 atom stereocenters. The van der Waals surface area contributed by atoms with Crippen molar-refractivity contribution >= 4 is 16.8 Å². The van der Waals surface area contributed by atoms with Crippen LogP contribution in [-0.2, 0) is 17.9 Å². The Morgan fingerprint density at radius 1 is 1.08 bits per heavy atom. The van der Waals surface area contributed by atoms with E-state index in [0.29, 0.717) is 17.4 Å². The van der Waals surface area contributed by atoms with Gasteiger partial charge in [0.2, 0.25) is 5.91 Å². The summed E-state index contributed by atoms with van der Waals surface area (Å²) < 4.78 is 1.06. The van der Waals surface area contributed by atoms with Crippen molar-refractivity contribution in [3.63, 3.8) is 0 Å². The van der Waals surface area contributed by atoms with Crippen LogP contribution in [0.25, 0.3) is 10.9 Å². The van der Waals surface area contributed by atoms with E-state index in [1.54, 1.807) is 24.3 Å². The molecular weight excluding hydrogens is 318 g/mol. The molecule has 1 amide bonds. The number of fused-ring (bicyclic) bond motifs is 1. The van der Waals surface area contributed by atoms with Crippen molar-refractivity contribution in [1.82, 2.24) is 14.9 Å². The molecule has 1 heterocycles. The Morgan fingerprint density at radius 3 is 2.56 bits per heavy atom. The maximum Gasteiger partial charge on any atom is 0.328 e. The summed E-state index contributed by atoms with van der Waals surface area (Å²) in [6.45, 7) is 2.46. The molecule has 128 valence electrons. The van der Waals surface area contributed by atoms with Crippen molar-refractivity contribution in [2.75, 3.05) is 0 Å². The van der Waals surface area contributed by atoms with E-state index >= 15 is 0 Å². The molecular formula is C19H19N3O3. The summed E-state index contributed by atoms with van der Waals surface area (Å²) in [7, 11) is 0. The molecule has 2 aromatic carbocycles. The van der Waals surface area contributed by atoms with Crippen molar-refractivity contribution in [3.8, 4) is 0 Å².